The van der Waals surface area contributed by atoms with Crippen molar-refractivity contribution in [2.75, 3.05) is 7.05 Å². The summed E-state index contributed by atoms with van der Waals surface area (Å²) in [4.78, 5) is 2.69. The van der Waals surface area contributed by atoms with E-state index in [1.165, 1.54) is 25.7 Å². The quantitative estimate of drug-likeness (QED) is 0.871. The van der Waals surface area contributed by atoms with Gasteiger partial charge in [-0.15, -0.1) is 0 Å². The molecule has 3 atom stereocenters. The van der Waals surface area contributed by atoms with E-state index in [0.29, 0.717) is 12.1 Å². The van der Waals surface area contributed by atoms with Crippen molar-refractivity contribution in [2.24, 2.45) is 0 Å². The van der Waals surface area contributed by atoms with Gasteiger partial charge in [0.1, 0.15) is 5.76 Å². The van der Waals surface area contributed by atoms with Crippen LogP contribution in [0.5, 0.6) is 0 Å². The topological polar surface area (TPSA) is 28.4 Å². The molecule has 3 rings (SSSR count). The van der Waals surface area contributed by atoms with Crippen LogP contribution in [-0.2, 0) is 0 Å². The van der Waals surface area contributed by atoms with Crippen molar-refractivity contribution in [3.05, 3.63) is 24.2 Å². The molecule has 1 N–H and O–H groups in total. The van der Waals surface area contributed by atoms with Gasteiger partial charge in [-0.3, -0.25) is 4.90 Å². The van der Waals surface area contributed by atoms with Crippen LogP contribution in [0.3, 0.4) is 0 Å². The molecular formula is C14H22N2O. The van der Waals surface area contributed by atoms with Gasteiger partial charge in [0.05, 0.1) is 12.3 Å². The number of rotatable bonds is 3. The van der Waals surface area contributed by atoms with Gasteiger partial charge in [-0.2, -0.15) is 0 Å². The minimum absolute atomic E-state index is 0.431. The number of nitrogens with one attached hydrogen (secondary N) is 1. The number of hydrogen-bond donors (Lipinski definition) is 1. The van der Waals surface area contributed by atoms with E-state index in [0.717, 1.165) is 17.8 Å². The molecule has 3 unspecified atom stereocenters. The lowest BCUT2D eigenvalue weighted by molar-refractivity contribution is 0.0688. The summed E-state index contributed by atoms with van der Waals surface area (Å²) in [7, 11) is 2.09. The molecule has 2 saturated heterocycles. The minimum atomic E-state index is 0.431. The van der Waals surface area contributed by atoms with Gasteiger partial charge >= 0.3 is 0 Å². The lowest BCUT2D eigenvalue weighted by Gasteiger charge is -2.41. The van der Waals surface area contributed by atoms with Crippen LogP contribution in [-0.4, -0.2) is 30.1 Å². The number of hydrogen-bond acceptors (Lipinski definition) is 3. The predicted octanol–water partition coefficient (Wildman–Crippen LogP) is 2.56. The van der Waals surface area contributed by atoms with Crippen LogP contribution >= 0.6 is 0 Å². The number of fused-ring (bicyclic) bond motifs is 2. The number of piperidine rings is 1. The van der Waals surface area contributed by atoms with Crippen molar-refractivity contribution in [1.82, 2.24) is 10.2 Å². The Morgan fingerprint density at radius 2 is 2.06 bits per heavy atom. The van der Waals surface area contributed by atoms with Crippen LogP contribution < -0.4 is 5.32 Å². The first kappa shape index (κ1) is 11.3. The average molecular weight is 234 g/mol. The molecule has 1 aromatic rings. The first-order chi connectivity index (χ1) is 8.29. The fourth-order valence-corrected chi connectivity index (χ4v) is 3.76. The highest BCUT2D eigenvalue weighted by atomic mass is 16.3. The second-order valence-electron chi connectivity index (χ2n) is 5.48. The van der Waals surface area contributed by atoms with Crippen molar-refractivity contribution in [2.45, 2.75) is 56.8 Å². The SMILES string of the molecule is CNC1CC2CCC(C1)N2C(C)c1ccco1. The highest BCUT2D eigenvalue weighted by Crippen LogP contribution is 2.41. The van der Waals surface area contributed by atoms with Crippen LogP contribution in [0, 0.1) is 0 Å². The Bertz CT molecular complexity index is 348. The van der Waals surface area contributed by atoms with Gasteiger partial charge in [0.25, 0.3) is 0 Å². The Morgan fingerprint density at radius 1 is 1.35 bits per heavy atom. The molecule has 0 radical (unpaired) electrons. The second kappa shape index (κ2) is 4.46. The smallest absolute Gasteiger partial charge is 0.120 e. The van der Waals surface area contributed by atoms with Crippen molar-refractivity contribution in [3.63, 3.8) is 0 Å². The van der Waals surface area contributed by atoms with Gasteiger partial charge in [0.15, 0.2) is 0 Å². The molecule has 2 fully saturated rings. The molecule has 0 amide bonds. The average Bonchev–Trinajstić information content (AvgIpc) is 2.95. The summed E-state index contributed by atoms with van der Waals surface area (Å²) >= 11 is 0. The maximum atomic E-state index is 5.57. The van der Waals surface area contributed by atoms with E-state index in [1.807, 2.05) is 6.07 Å². The first-order valence-electron chi connectivity index (χ1n) is 6.77. The fourth-order valence-electron chi connectivity index (χ4n) is 3.76. The maximum absolute atomic E-state index is 5.57. The zero-order chi connectivity index (χ0) is 11.8. The molecule has 3 nitrogen and oxygen atoms in total. The van der Waals surface area contributed by atoms with Gasteiger partial charge in [-0.25, -0.2) is 0 Å². The molecule has 94 valence electrons. The molecule has 3 heterocycles. The zero-order valence-corrected chi connectivity index (χ0v) is 10.7. The van der Waals surface area contributed by atoms with E-state index < -0.39 is 0 Å². The summed E-state index contributed by atoms with van der Waals surface area (Å²) in [5.41, 5.74) is 0. The summed E-state index contributed by atoms with van der Waals surface area (Å²) in [5.74, 6) is 1.12. The third-order valence-electron chi connectivity index (χ3n) is 4.60. The van der Waals surface area contributed by atoms with Crippen molar-refractivity contribution in [1.29, 1.82) is 0 Å². The summed E-state index contributed by atoms with van der Waals surface area (Å²) in [6.07, 6.45) is 7.08. The van der Waals surface area contributed by atoms with E-state index in [4.69, 9.17) is 4.42 Å². The van der Waals surface area contributed by atoms with Gasteiger partial charge in [0.2, 0.25) is 0 Å². The Balaban J connectivity index is 1.77. The van der Waals surface area contributed by atoms with Gasteiger partial charge in [-0.05, 0) is 51.8 Å². The van der Waals surface area contributed by atoms with E-state index in [9.17, 15) is 0 Å². The van der Waals surface area contributed by atoms with Crippen molar-refractivity contribution < 1.29 is 4.42 Å². The standard InChI is InChI=1S/C14H22N2O/c1-10(14-4-3-7-17-14)16-12-5-6-13(16)9-11(8-12)15-2/h3-4,7,10-13,15H,5-6,8-9H2,1-2H3. The Kier molecular flexibility index (Phi) is 2.97. The lowest BCUT2D eigenvalue weighted by atomic mass is 9.95. The van der Waals surface area contributed by atoms with E-state index in [1.54, 1.807) is 6.26 Å². The highest BCUT2D eigenvalue weighted by Gasteiger charge is 2.43. The molecule has 2 bridgehead atoms. The van der Waals surface area contributed by atoms with Crippen LogP contribution in [0.15, 0.2) is 22.8 Å². The van der Waals surface area contributed by atoms with Crippen LogP contribution in [0.2, 0.25) is 0 Å². The molecule has 0 spiro atoms. The third-order valence-corrected chi connectivity index (χ3v) is 4.60. The Hall–Kier alpha value is -0.800. The highest BCUT2D eigenvalue weighted by molar-refractivity contribution is 5.08. The predicted molar refractivity (Wildman–Crippen MR) is 67.9 cm³/mol. The third kappa shape index (κ3) is 1.91. The van der Waals surface area contributed by atoms with Crippen LogP contribution in [0.1, 0.15) is 44.4 Å². The molecular weight excluding hydrogens is 212 g/mol. The first-order valence-corrected chi connectivity index (χ1v) is 6.77. The van der Waals surface area contributed by atoms with E-state index in [2.05, 4.69) is 30.3 Å². The Labute approximate surface area is 103 Å². The summed E-state index contributed by atoms with van der Waals surface area (Å²) in [6.45, 7) is 2.28. The van der Waals surface area contributed by atoms with E-state index >= 15 is 0 Å². The van der Waals surface area contributed by atoms with Gasteiger partial charge < -0.3 is 9.73 Å². The van der Waals surface area contributed by atoms with Gasteiger partial charge in [-0.1, -0.05) is 0 Å². The maximum Gasteiger partial charge on any atom is 0.120 e. The van der Waals surface area contributed by atoms with Gasteiger partial charge in [0, 0.05) is 18.1 Å². The van der Waals surface area contributed by atoms with E-state index in [-0.39, 0.29) is 0 Å². The minimum Gasteiger partial charge on any atom is -0.468 e. The monoisotopic (exact) mass is 234 g/mol. The normalized spacial score (nSPS) is 35.1. The molecule has 17 heavy (non-hydrogen) atoms. The lowest BCUT2D eigenvalue weighted by Crippen LogP contribution is -2.49. The number of furan rings is 1. The molecule has 2 aliphatic heterocycles. The molecule has 2 aliphatic rings. The fraction of sp³-hybridized carbons (Fsp3) is 0.714. The molecule has 0 aliphatic carbocycles. The van der Waals surface area contributed by atoms with Crippen LogP contribution in [0.25, 0.3) is 0 Å². The molecule has 3 heteroatoms. The molecule has 0 saturated carbocycles. The Morgan fingerprint density at radius 3 is 2.59 bits per heavy atom. The second-order valence-corrected chi connectivity index (χ2v) is 5.48. The molecule has 0 aromatic carbocycles. The zero-order valence-electron chi connectivity index (χ0n) is 10.7. The van der Waals surface area contributed by atoms with Crippen molar-refractivity contribution in [3.8, 4) is 0 Å². The largest absolute Gasteiger partial charge is 0.468 e. The summed E-state index contributed by atoms with van der Waals surface area (Å²) in [6, 6.07) is 6.73. The molecule has 1 aromatic heterocycles. The van der Waals surface area contributed by atoms with Crippen molar-refractivity contribution >= 4 is 0 Å². The summed E-state index contributed by atoms with van der Waals surface area (Å²) < 4.78 is 5.57. The van der Waals surface area contributed by atoms with Crippen LogP contribution in [0.4, 0.5) is 0 Å². The summed E-state index contributed by atoms with van der Waals surface area (Å²) in [5, 5.41) is 3.45. The number of nitrogens with zero attached hydrogens (tertiary/aromatic N) is 1.